The first kappa shape index (κ1) is 40.8. The molecule has 0 amide bonds. The van der Waals surface area contributed by atoms with Gasteiger partial charge >= 0.3 is 5.97 Å². The van der Waals surface area contributed by atoms with Crippen molar-refractivity contribution >= 4 is 17.4 Å². The summed E-state index contributed by atoms with van der Waals surface area (Å²) < 4.78 is 40.7. The molecule has 1 aliphatic rings. The molecule has 11 heteroatoms. The van der Waals surface area contributed by atoms with E-state index in [1.807, 2.05) is 107 Å². The van der Waals surface area contributed by atoms with E-state index in [9.17, 15) is 19.4 Å². The number of carboxylic acid groups (broad SMARTS) is 1. The van der Waals surface area contributed by atoms with Crippen molar-refractivity contribution in [2.75, 3.05) is 37.8 Å². The highest BCUT2D eigenvalue weighted by Crippen LogP contribution is 2.41. The zero-order valence-electron chi connectivity index (χ0n) is 33.5. The van der Waals surface area contributed by atoms with Crippen molar-refractivity contribution in [3.63, 3.8) is 0 Å². The Labute approximate surface area is 328 Å². The zero-order chi connectivity index (χ0) is 40.2. The van der Waals surface area contributed by atoms with Gasteiger partial charge in [0, 0.05) is 36.0 Å². The van der Waals surface area contributed by atoms with Crippen LogP contribution in [0, 0.1) is 19.7 Å². The Bertz CT molecular complexity index is 2140. The highest BCUT2D eigenvalue weighted by atomic mass is 19.1. The minimum Gasteiger partial charge on any atom is -0.507 e. The van der Waals surface area contributed by atoms with Crippen LogP contribution in [0.25, 0.3) is 28.0 Å². The number of aromatic hydroxyl groups is 1. The average Bonchev–Trinajstić information content (AvgIpc) is 3.61. The normalized spacial score (nSPS) is 15.6. The van der Waals surface area contributed by atoms with E-state index in [1.54, 1.807) is 0 Å². The average molecular weight is 768 g/mol. The first-order valence-corrected chi connectivity index (χ1v) is 19.3. The van der Waals surface area contributed by atoms with Gasteiger partial charge in [-0.1, -0.05) is 48.5 Å². The molecule has 5 aromatic rings. The molecule has 2 N–H and O–H groups in total. The van der Waals surface area contributed by atoms with Gasteiger partial charge in [-0.15, -0.1) is 0 Å². The monoisotopic (exact) mass is 767 g/mol. The van der Waals surface area contributed by atoms with Crippen LogP contribution in [-0.2, 0) is 30.3 Å². The van der Waals surface area contributed by atoms with Gasteiger partial charge in [0.2, 0.25) is 0 Å². The van der Waals surface area contributed by atoms with Gasteiger partial charge in [0.1, 0.15) is 23.0 Å². The molecular weight excluding hydrogens is 714 g/mol. The van der Waals surface area contributed by atoms with Gasteiger partial charge < -0.3 is 34.1 Å². The SMILES string of the molecule is Cc1c([C@H](OC(C)(C)C)C(=O)O)c(N2CCC(C)(OCCOC[C@@H](C)OCc3ccccc3)CC2)n2cc(-c3cccc(-c4cc(F)ccc4O)c3)nc2c1C. The van der Waals surface area contributed by atoms with Gasteiger partial charge in [-0.3, -0.25) is 4.40 Å². The van der Waals surface area contributed by atoms with Crippen LogP contribution in [0.5, 0.6) is 5.75 Å². The van der Waals surface area contributed by atoms with Crippen molar-refractivity contribution in [1.29, 1.82) is 0 Å². The number of anilines is 1. The number of aliphatic carboxylic acids is 1. The van der Waals surface area contributed by atoms with E-state index < -0.39 is 29.1 Å². The number of halogens is 1. The van der Waals surface area contributed by atoms with Gasteiger partial charge in [0.15, 0.2) is 6.10 Å². The molecule has 0 radical (unpaired) electrons. The fourth-order valence-corrected chi connectivity index (χ4v) is 7.21. The number of hydrogen-bond donors (Lipinski definition) is 2. The number of pyridine rings is 1. The molecule has 1 saturated heterocycles. The predicted molar refractivity (Wildman–Crippen MR) is 216 cm³/mol. The molecule has 1 fully saturated rings. The number of aromatic nitrogens is 2. The van der Waals surface area contributed by atoms with E-state index in [2.05, 4.69) is 11.8 Å². The summed E-state index contributed by atoms with van der Waals surface area (Å²) >= 11 is 0. The highest BCUT2D eigenvalue weighted by Gasteiger charge is 2.38. The number of imidazole rings is 1. The summed E-state index contributed by atoms with van der Waals surface area (Å²) in [4.78, 5) is 20.3. The molecule has 2 atom stereocenters. The molecule has 3 heterocycles. The Kier molecular flexibility index (Phi) is 12.5. The smallest absolute Gasteiger partial charge is 0.337 e. The number of phenolic OH excluding ortho intramolecular Hbond substituents is 1. The molecule has 2 aromatic heterocycles. The number of benzene rings is 3. The van der Waals surface area contributed by atoms with Crippen molar-refractivity contribution < 1.29 is 38.3 Å². The van der Waals surface area contributed by atoms with Gasteiger partial charge in [-0.05, 0) is 108 Å². The third-order valence-corrected chi connectivity index (χ3v) is 10.4. The largest absolute Gasteiger partial charge is 0.507 e. The molecule has 3 aromatic carbocycles. The summed E-state index contributed by atoms with van der Waals surface area (Å²) in [7, 11) is 0. The van der Waals surface area contributed by atoms with E-state index in [1.165, 1.54) is 18.2 Å². The minimum atomic E-state index is -1.24. The number of hydrogen-bond acceptors (Lipinski definition) is 8. The van der Waals surface area contributed by atoms with E-state index in [4.69, 9.17) is 23.9 Å². The predicted octanol–water partition coefficient (Wildman–Crippen LogP) is 9.07. The van der Waals surface area contributed by atoms with E-state index >= 15 is 0 Å². The summed E-state index contributed by atoms with van der Waals surface area (Å²) in [5.41, 5.74) is 5.33. The lowest BCUT2D eigenvalue weighted by atomic mass is 9.92. The van der Waals surface area contributed by atoms with Crippen LogP contribution in [-0.4, -0.2) is 75.8 Å². The maximum Gasteiger partial charge on any atom is 0.337 e. The first-order chi connectivity index (χ1) is 26.6. The molecule has 0 aliphatic carbocycles. The second-order valence-corrected chi connectivity index (χ2v) is 16.0. The molecular formula is C45H54FN3O7. The number of rotatable bonds is 15. The number of aryl methyl sites for hydroxylation is 1. The van der Waals surface area contributed by atoms with Crippen molar-refractivity contribution in [2.45, 2.75) is 91.3 Å². The van der Waals surface area contributed by atoms with Crippen LogP contribution in [0.4, 0.5) is 10.2 Å². The van der Waals surface area contributed by atoms with Crippen LogP contribution in [0.15, 0.2) is 79.0 Å². The third kappa shape index (κ3) is 9.58. The van der Waals surface area contributed by atoms with E-state index in [-0.39, 0.29) is 11.9 Å². The summed E-state index contributed by atoms with van der Waals surface area (Å²) in [5, 5.41) is 21.2. The number of ether oxygens (including phenoxy) is 4. The van der Waals surface area contributed by atoms with E-state index in [0.29, 0.717) is 86.2 Å². The van der Waals surface area contributed by atoms with Gasteiger partial charge in [-0.2, -0.15) is 0 Å². The summed E-state index contributed by atoms with van der Waals surface area (Å²) in [5.74, 6) is -0.831. The van der Waals surface area contributed by atoms with Crippen molar-refractivity contribution in [3.05, 3.63) is 107 Å². The van der Waals surface area contributed by atoms with Crippen molar-refractivity contribution in [1.82, 2.24) is 9.38 Å². The maximum atomic E-state index is 14.2. The van der Waals surface area contributed by atoms with Crippen molar-refractivity contribution in [3.8, 4) is 28.1 Å². The minimum absolute atomic E-state index is 0.0251. The quantitative estimate of drug-likeness (QED) is 0.101. The number of carboxylic acids is 1. The molecule has 1 aliphatic heterocycles. The molecule has 0 saturated carbocycles. The van der Waals surface area contributed by atoms with Crippen LogP contribution in [0.1, 0.15) is 75.8 Å². The van der Waals surface area contributed by atoms with Crippen molar-refractivity contribution in [2.24, 2.45) is 0 Å². The third-order valence-electron chi connectivity index (χ3n) is 10.4. The molecule has 0 bridgehead atoms. The number of fused-ring (bicyclic) bond motifs is 1. The summed E-state index contributed by atoms with van der Waals surface area (Å²) in [6.45, 7) is 16.7. The maximum absolute atomic E-state index is 14.2. The highest BCUT2D eigenvalue weighted by molar-refractivity contribution is 5.81. The van der Waals surface area contributed by atoms with Gasteiger partial charge in [0.05, 0.1) is 49.4 Å². The molecule has 298 valence electrons. The lowest BCUT2D eigenvalue weighted by Gasteiger charge is -2.42. The molecule has 0 spiro atoms. The Morgan fingerprint density at radius 3 is 2.38 bits per heavy atom. The molecule has 10 nitrogen and oxygen atoms in total. The van der Waals surface area contributed by atoms with Crippen LogP contribution in [0.3, 0.4) is 0 Å². The number of nitrogens with zero attached hydrogens (tertiary/aromatic N) is 3. The topological polar surface area (TPSA) is 115 Å². The first-order valence-electron chi connectivity index (χ1n) is 19.3. The van der Waals surface area contributed by atoms with Crippen LogP contribution in [0.2, 0.25) is 0 Å². The second kappa shape index (κ2) is 17.1. The van der Waals surface area contributed by atoms with Gasteiger partial charge in [0.25, 0.3) is 0 Å². The Balaban J connectivity index is 1.24. The number of carbonyl (C=O) groups is 1. The lowest BCUT2D eigenvalue weighted by molar-refractivity contribution is -0.160. The lowest BCUT2D eigenvalue weighted by Crippen LogP contribution is -2.46. The Hall–Kier alpha value is -4.81. The molecule has 56 heavy (non-hydrogen) atoms. The summed E-state index contributed by atoms with van der Waals surface area (Å²) in [6, 6.07) is 21.4. The fraction of sp³-hybridized carbons (Fsp3) is 0.422. The second-order valence-electron chi connectivity index (χ2n) is 16.0. The standard InChI is InChI=1S/C45H54FN3O7/c1-29(54-28-32-12-9-8-10-13-32)27-53-22-23-55-45(7)18-20-48(21-19-45)42-39(40(43(51)52)56-44(4,5)6)30(2)31(3)41-47-37(26-49(41)42)34-15-11-14-33(24-34)36-25-35(46)16-17-38(36)50/h8-17,24-26,29,40,50H,18-23,27-28H2,1-7H3,(H,51,52)/t29-,40+/m1/s1. The summed E-state index contributed by atoms with van der Waals surface area (Å²) in [6.07, 6.45) is 2.04. The van der Waals surface area contributed by atoms with Crippen LogP contribution >= 0.6 is 0 Å². The Morgan fingerprint density at radius 1 is 0.964 bits per heavy atom. The van der Waals surface area contributed by atoms with E-state index in [0.717, 1.165) is 22.3 Å². The Morgan fingerprint density at radius 2 is 1.68 bits per heavy atom. The zero-order valence-corrected chi connectivity index (χ0v) is 33.5. The number of piperidine rings is 1. The van der Waals surface area contributed by atoms with Crippen LogP contribution < -0.4 is 4.90 Å². The molecule has 0 unspecified atom stereocenters. The fourth-order valence-electron chi connectivity index (χ4n) is 7.21. The van der Waals surface area contributed by atoms with Gasteiger partial charge in [-0.25, -0.2) is 14.2 Å². The number of phenols is 1. The molecule has 6 rings (SSSR count).